The average molecular weight is 429 g/mol. The summed E-state index contributed by atoms with van der Waals surface area (Å²) >= 11 is 11.7. The van der Waals surface area contributed by atoms with Crippen molar-refractivity contribution in [3.05, 3.63) is 53.1 Å². The second-order valence-electron chi connectivity index (χ2n) is 8.67. The Bertz CT molecular complexity index is 1090. The number of thiocarbonyl (C=S) groups is 1. The van der Waals surface area contributed by atoms with Gasteiger partial charge in [-0.1, -0.05) is 49.7 Å². The number of fused-ring (bicyclic) bond motifs is 3. The summed E-state index contributed by atoms with van der Waals surface area (Å²) in [5.41, 5.74) is -4.55. The minimum Gasteiger partial charge on any atom is -0.375 e. The van der Waals surface area contributed by atoms with Crippen LogP contribution in [0.5, 0.6) is 0 Å². The summed E-state index contributed by atoms with van der Waals surface area (Å²) in [4.78, 5) is 33.3. The molecule has 1 aromatic carbocycles. The van der Waals surface area contributed by atoms with Gasteiger partial charge in [0.15, 0.2) is 16.9 Å². The third kappa shape index (κ3) is 1.87. The smallest absolute Gasteiger partial charge is 0.264 e. The van der Waals surface area contributed by atoms with Crippen molar-refractivity contribution in [3.63, 3.8) is 0 Å². The molecule has 29 heavy (non-hydrogen) atoms. The summed E-state index contributed by atoms with van der Waals surface area (Å²) in [5, 5.41) is 14.7. The number of aliphatic hydroxyl groups is 1. The molecular weight excluding hydrogens is 408 g/mol. The first-order chi connectivity index (χ1) is 13.5. The van der Waals surface area contributed by atoms with E-state index in [1.54, 1.807) is 58.2 Å². The topological polar surface area (TPSA) is 70.0 Å². The number of carbonyl (C=O) groups is 2. The van der Waals surface area contributed by atoms with E-state index >= 15 is 0 Å². The lowest BCUT2D eigenvalue weighted by Gasteiger charge is -2.48. The highest BCUT2D eigenvalue weighted by Crippen LogP contribution is 2.66. The lowest BCUT2D eigenvalue weighted by Crippen LogP contribution is -2.57. The van der Waals surface area contributed by atoms with Crippen LogP contribution in [-0.4, -0.2) is 29.0 Å². The zero-order valence-corrected chi connectivity index (χ0v) is 18.2. The molecule has 0 unspecified atom stereocenters. The zero-order valence-electron chi connectivity index (χ0n) is 16.6. The Morgan fingerprint density at radius 2 is 2.00 bits per heavy atom. The van der Waals surface area contributed by atoms with E-state index < -0.39 is 33.8 Å². The van der Waals surface area contributed by atoms with Crippen molar-refractivity contribution in [3.8, 4) is 0 Å². The van der Waals surface area contributed by atoms with Crippen LogP contribution in [0.15, 0.2) is 47.0 Å². The maximum Gasteiger partial charge on any atom is 0.264 e. The molecule has 0 saturated carbocycles. The molecule has 4 atom stereocenters. The summed E-state index contributed by atoms with van der Waals surface area (Å²) in [6, 6.07) is 5.19. The van der Waals surface area contributed by atoms with Gasteiger partial charge in [0.2, 0.25) is 0 Å². The van der Waals surface area contributed by atoms with Crippen molar-refractivity contribution in [2.45, 2.75) is 31.9 Å². The molecule has 3 aliphatic rings. The van der Waals surface area contributed by atoms with Crippen LogP contribution in [0.2, 0.25) is 0 Å². The monoisotopic (exact) mass is 428 g/mol. The first kappa shape index (κ1) is 20.2. The number of ketones is 1. The van der Waals surface area contributed by atoms with Crippen LogP contribution in [0, 0.1) is 16.7 Å². The van der Waals surface area contributed by atoms with Gasteiger partial charge in [0.05, 0.1) is 16.3 Å². The quantitative estimate of drug-likeness (QED) is 0.443. The van der Waals surface area contributed by atoms with Gasteiger partial charge < -0.3 is 10.0 Å². The fraction of sp³-hybridized carbons (Fsp3) is 0.409. The summed E-state index contributed by atoms with van der Waals surface area (Å²) in [6.07, 6.45) is 3.20. The van der Waals surface area contributed by atoms with E-state index in [-0.39, 0.29) is 5.78 Å². The normalized spacial score (nSPS) is 36.7. The Morgan fingerprint density at radius 3 is 2.59 bits per heavy atom. The lowest BCUT2D eigenvalue weighted by molar-refractivity contribution is -0.158. The molecule has 0 saturated heterocycles. The van der Waals surface area contributed by atoms with Gasteiger partial charge in [-0.15, -0.1) is 6.58 Å². The highest BCUT2D eigenvalue weighted by atomic mass is 35.5. The lowest BCUT2D eigenvalue weighted by atomic mass is 9.56. The van der Waals surface area contributed by atoms with Gasteiger partial charge in [-0.05, 0) is 30.8 Å². The number of rotatable bonds is 2. The Balaban J connectivity index is 2.33. The molecule has 2 bridgehead atoms. The largest absolute Gasteiger partial charge is 0.375 e. The summed E-state index contributed by atoms with van der Waals surface area (Å²) in [5.74, 6) is -1.66. The molecule has 1 aliphatic heterocycles. The molecule has 1 aromatic rings. The number of hydrogen-bond acceptors (Lipinski definition) is 5. The van der Waals surface area contributed by atoms with Crippen LogP contribution < -0.4 is 4.90 Å². The molecule has 0 radical (unpaired) electrons. The van der Waals surface area contributed by atoms with Gasteiger partial charge >= 0.3 is 0 Å². The molecule has 1 N–H and O–H groups in total. The van der Waals surface area contributed by atoms with Crippen LogP contribution >= 0.6 is 23.8 Å². The van der Waals surface area contributed by atoms with Crippen LogP contribution in [0.3, 0.4) is 0 Å². The molecular formula is C22H21ClN2O3S. The number of benzene rings is 1. The Kier molecular flexibility index (Phi) is 3.99. The number of likely N-dealkylation sites (N-methyl/N-ethyl adjacent to an activating group) is 1. The van der Waals surface area contributed by atoms with Crippen LogP contribution in [0.4, 0.5) is 5.69 Å². The van der Waals surface area contributed by atoms with Gasteiger partial charge in [-0.3, -0.25) is 9.59 Å². The van der Waals surface area contributed by atoms with E-state index in [9.17, 15) is 14.7 Å². The highest BCUT2D eigenvalue weighted by Gasteiger charge is 2.72. The Labute approximate surface area is 179 Å². The van der Waals surface area contributed by atoms with Crippen LogP contribution in [-0.2, 0) is 20.7 Å². The standard InChI is InChI=1S/C22H21ClN2O3S/c1-6-20(4)15(23)10-13-17(26)21(20,24-11-29)12-8-7-9-14-16(12)22(28,19(13,2)3)18(27)25(14)5/h6-10,13,28H,1H2,2-5H3/t13-,20+,21-,22-/m0/s1. The fourth-order valence-corrected chi connectivity index (χ4v) is 5.80. The molecule has 150 valence electrons. The van der Waals surface area contributed by atoms with E-state index in [1.165, 1.54) is 4.90 Å². The van der Waals surface area contributed by atoms with Gasteiger partial charge in [0.1, 0.15) is 0 Å². The third-order valence-electron chi connectivity index (χ3n) is 7.30. The number of amides is 1. The predicted molar refractivity (Wildman–Crippen MR) is 115 cm³/mol. The predicted octanol–water partition coefficient (Wildman–Crippen LogP) is 3.70. The molecule has 5 nitrogen and oxygen atoms in total. The first-order valence-corrected chi connectivity index (χ1v) is 10.0. The van der Waals surface area contributed by atoms with Crippen LogP contribution in [0.25, 0.3) is 0 Å². The van der Waals surface area contributed by atoms with Gasteiger partial charge in [0.25, 0.3) is 5.91 Å². The van der Waals surface area contributed by atoms with Crippen molar-refractivity contribution < 1.29 is 14.7 Å². The van der Waals surface area contributed by atoms with Crippen molar-refractivity contribution in [1.82, 2.24) is 0 Å². The molecule has 0 aromatic heterocycles. The minimum atomic E-state index is -1.94. The number of hydrogen-bond donors (Lipinski definition) is 1. The summed E-state index contributed by atoms with van der Waals surface area (Å²) < 4.78 is 0. The maximum absolute atomic E-state index is 14.1. The maximum atomic E-state index is 14.1. The number of carbonyl (C=O) groups excluding carboxylic acids is 2. The molecule has 1 heterocycles. The van der Waals surface area contributed by atoms with Gasteiger partial charge in [-0.2, -0.15) is 0 Å². The molecule has 0 spiro atoms. The van der Waals surface area contributed by atoms with Crippen molar-refractivity contribution in [1.29, 1.82) is 0 Å². The first-order valence-electron chi connectivity index (χ1n) is 9.26. The SMILES string of the molecule is C=C[C@]1(C)C(Cl)=C[C@H]2C(=O)[C@@]1(N=C=S)c1cccc3c1[C@](O)(C(=O)N3C)C2(C)C. The number of isothiocyanates is 1. The fourth-order valence-electron chi connectivity index (χ4n) is 5.33. The van der Waals surface area contributed by atoms with Crippen molar-refractivity contribution >= 4 is 46.4 Å². The average Bonchev–Trinajstić information content (AvgIpc) is 2.88. The van der Waals surface area contributed by atoms with Gasteiger partial charge in [-0.25, -0.2) is 4.99 Å². The molecule has 7 heteroatoms. The van der Waals surface area contributed by atoms with E-state index in [4.69, 9.17) is 23.8 Å². The summed E-state index contributed by atoms with van der Waals surface area (Å²) in [7, 11) is 1.61. The number of Topliss-reactive ketones (excluding diaryl/α,β-unsaturated/α-hetero) is 1. The number of aliphatic imine (C=N–C) groups is 1. The van der Waals surface area contributed by atoms with Crippen LogP contribution in [0.1, 0.15) is 31.9 Å². The number of halogens is 1. The zero-order chi connectivity index (χ0) is 21.6. The Hall–Kier alpha value is -2.11. The summed E-state index contributed by atoms with van der Waals surface area (Å²) in [6.45, 7) is 9.10. The highest BCUT2D eigenvalue weighted by molar-refractivity contribution is 7.78. The molecule has 4 rings (SSSR count). The van der Waals surface area contributed by atoms with E-state index in [0.29, 0.717) is 21.8 Å². The Morgan fingerprint density at radius 1 is 1.34 bits per heavy atom. The van der Waals surface area contributed by atoms with E-state index in [1.807, 2.05) is 0 Å². The molecule has 2 aliphatic carbocycles. The molecule has 1 amide bonds. The molecule has 0 fully saturated rings. The minimum absolute atomic E-state index is 0.293. The second kappa shape index (κ2) is 5.73. The number of allylic oxidation sites excluding steroid dienone is 1. The number of anilines is 1. The number of nitrogens with zero attached hydrogens (tertiary/aromatic N) is 2. The van der Waals surface area contributed by atoms with E-state index in [0.717, 1.165) is 0 Å². The van der Waals surface area contributed by atoms with E-state index in [2.05, 4.69) is 16.7 Å². The van der Waals surface area contributed by atoms with Crippen molar-refractivity contribution in [2.75, 3.05) is 11.9 Å². The van der Waals surface area contributed by atoms with Gasteiger partial charge in [0, 0.05) is 29.0 Å². The second-order valence-corrected chi connectivity index (χ2v) is 9.26. The van der Waals surface area contributed by atoms with Crippen molar-refractivity contribution in [2.24, 2.45) is 21.7 Å². The third-order valence-corrected chi connectivity index (χ3v) is 7.91.